The Morgan fingerprint density at radius 2 is 2.31 bits per heavy atom. The minimum absolute atomic E-state index is 0.270. The first-order valence-corrected chi connectivity index (χ1v) is 6.88. The number of hydrogen-bond acceptors (Lipinski definition) is 3. The van der Waals surface area contributed by atoms with Crippen LogP contribution in [0.1, 0.15) is 26.6 Å². The van der Waals surface area contributed by atoms with E-state index in [2.05, 4.69) is 25.8 Å². The zero-order chi connectivity index (χ0) is 12.0. The lowest BCUT2D eigenvalue weighted by atomic mass is 10.3. The Bertz CT molecular complexity index is 334. The van der Waals surface area contributed by atoms with Crippen molar-refractivity contribution in [3.05, 3.63) is 18.2 Å². The molecule has 0 fully saturated rings. The number of carbonyl (C=O) groups is 1. The highest BCUT2D eigenvalue weighted by atomic mass is 32.2. The molecule has 0 bridgehead atoms. The molecule has 0 aliphatic rings. The fourth-order valence-corrected chi connectivity index (χ4v) is 2.35. The van der Waals surface area contributed by atoms with E-state index in [-0.39, 0.29) is 5.78 Å². The summed E-state index contributed by atoms with van der Waals surface area (Å²) >= 11 is 1.72. The third kappa shape index (κ3) is 4.39. The van der Waals surface area contributed by atoms with Crippen LogP contribution in [0.4, 0.5) is 0 Å². The van der Waals surface area contributed by atoms with Crippen LogP contribution in [0.2, 0.25) is 0 Å². The topological polar surface area (TPSA) is 34.9 Å². The van der Waals surface area contributed by atoms with Crippen LogP contribution >= 0.6 is 11.8 Å². The summed E-state index contributed by atoms with van der Waals surface area (Å²) in [5, 5.41) is 0. The molecule has 0 saturated carbocycles. The van der Waals surface area contributed by atoms with Crippen molar-refractivity contribution in [2.75, 3.05) is 11.5 Å². The number of Topliss-reactive ketones (excluding diaryl/α,β-unsaturated/α-hetero) is 1. The molecule has 0 spiro atoms. The van der Waals surface area contributed by atoms with E-state index < -0.39 is 0 Å². The fraction of sp³-hybridized carbons (Fsp3) is 0.667. The van der Waals surface area contributed by atoms with Gasteiger partial charge in [0.1, 0.15) is 11.6 Å². The van der Waals surface area contributed by atoms with Gasteiger partial charge in [-0.15, -0.1) is 0 Å². The quantitative estimate of drug-likeness (QED) is 0.734. The van der Waals surface area contributed by atoms with Crippen molar-refractivity contribution in [2.24, 2.45) is 5.92 Å². The van der Waals surface area contributed by atoms with Crippen LogP contribution in [0.5, 0.6) is 0 Å². The van der Waals surface area contributed by atoms with Crippen LogP contribution in [-0.2, 0) is 17.8 Å². The molecule has 0 saturated heterocycles. The third-order valence-corrected chi connectivity index (χ3v) is 3.64. The Balaban J connectivity index is 2.34. The molecular formula is C12H20N2OS. The molecular weight excluding hydrogens is 220 g/mol. The molecule has 1 rings (SSSR count). The van der Waals surface area contributed by atoms with Gasteiger partial charge in [0.15, 0.2) is 0 Å². The van der Waals surface area contributed by atoms with Gasteiger partial charge in [0.2, 0.25) is 0 Å². The summed E-state index contributed by atoms with van der Waals surface area (Å²) < 4.78 is 2.02. The van der Waals surface area contributed by atoms with Gasteiger partial charge in [0.05, 0.1) is 12.2 Å². The van der Waals surface area contributed by atoms with E-state index in [1.54, 1.807) is 18.0 Å². The Hall–Kier alpha value is -0.770. The van der Waals surface area contributed by atoms with Gasteiger partial charge in [-0.2, -0.15) is 11.8 Å². The molecule has 0 unspecified atom stereocenters. The van der Waals surface area contributed by atoms with Gasteiger partial charge >= 0.3 is 0 Å². The first-order valence-electron chi connectivity index (χ1n) is 5.73. The van der Waals surface area contributed by atoms with Crippen molar-refractivity contribution in [1.82, 2.24) is 9.55 Å². The molecule has 90 valence electrons. The highest BCUT2D eigenvalue weighted by Gasteiger charge is 2.08. The number of nitrogens with zero attached hydrogens (tertiary/aromatic N) is 2. The molecule has 0 atom stereocenters. The van der Waals surface area contributed by atoms with E-state index in [0.717, 1.165) is 18.1 Å². The average Bonchev–Trinajstić information content (AvgIpc) is 2.64. The smallest absolute Gasteiger partial charge is 0.150 e. The molecule has 1 aromatic heterocycles. The molecule has 0 radical (unpaired) electrons. The summed E-state index contributed by atoms with van der Waals surface area (Å²) in [7, 11) is 0. The maximum atomic E-state index is 11.7. The van der Waals surface area contributed by atoms with Gasteiger partial charge in [-0.1, -0.05) is 13.8 Å². The number of aromatic nitrogens is 2. The maximum Gasteiger partial charge on any atom is 0.150 e. The predicted octanol–water partition coefficient (Wildman–Crippen LogP) is 2.40. The number of hydrogen-bond donors (Lipinski definition) is 0. The summed E-state index contributed by atoms with van der Waals surface area (Å²) in [5.41, 5.74) is 0. The number of ketones is 1. The van der Waals surface area contributed by atoms with Crippen molar-refractivity contribution < 1.29 is 4.79 Å². The van der Waals surface area contributed by atoms with E-state index in [0.29, 0.717) is 18.1 Å². The van der Waals surface area contributed by atoms with E-state index in [1.165, 1.54) is 0 Å². The molecule has 0 amide bonds. The van der Waals surface area contributed by atoms with Crippen molar-refractivity contribution in [1.29, 1.82) is 0 Å². The van der Waals surface area contributed by atoms with Crippen molar-refractivity contribution in [2.45, 2.75) is 33.7 Å². The SMILES string of the molecule is CCn1ccnc1CC(=O)CSCC(C)C. The molecule has 0 N–H and O–H groups in total. The highest BCUT2D eigenvalue weighted by molar-refractivity contribution is 7.99. The van der Waals surface area contributed by atoms with Crippen LogP contribution in [0.25, 0.3) is 0 Å². The van der Waals surface area contributed by atoms with Crippen molar-refractivity contribution in [3.63, 3.8) is 0 Å². The Morgan fingerprint density at radius 3 is 2.94 bits per heavy atom. The largest absolute Gasteiger partial charge is 0.335 e. The fourth-order valence-electron chi connectivity index (χ4n) is 1.43. The highest BCUT2D eigenvalue weighted by Crippen LogP contribution is 2.09. The number of aryl methyl sites for hydroxylation is 1. The molecule has 0 aromatic carbocycles. The Labute approximate surface area is 102 Å². The summed E-state index contributed by atoms with van der Waals surface area (Å²) in [6.45, 7) is 7.27. The van der Waals surface area contributed by atoms with Crippen molar-refractivity contribution in [3.8, 4) is 0 Å². The van der Waals surface area contributed by atoms with E-state index in [1.807, 2.05) is 10.8 Å². The first-order chi connectivity index (χ1) is 7.63. The molecule has 1 heterocycles. The second kappa shape index (κ2) is 6.74. The predicted molar refractivity (Wildman–Crippen MR) is 68.8 cm³/mol. The normalized spacial score (nSPS) is 11.0. The minimum Gasteiger partial charge on any atom is -0.335 e. The summed E-state index contributed by atoms with van der Waals surface area (Å²) in [6.07, 6.45) is 4.14. The zero-order valence-corrected chi connectivity index (χ0v) is 11.1. The van der Waals surface area contributed by atoms with E-state index in [4.69, 9.17) is 0 Å². The van der Waals surface area contributed by atoms with Gasteiger partial charge in [-0.25, -0.2) is 4.98 Å². The number of imidazole rings is 1. The van der Waals surface area contributed by atoms with Crippen LogP contribution in [0.3, 0.4) is 0 Å². The van der Waals surface area contributed by atoms with Gasteiger partial charge in [-0.3, -0.25) is 4.79 Å². The summed E-state index contributed by atoms with van der Waals surface area (Å²) in [5.74, 6) is 3.46. The molecule has 16 heavy (non-hydrogen) atoms. The molecule has 4 heteroatoms. The number of rotatable bonds is 7. The number of thioether (sulfide) groups is 1. The van der Waals surface area contributed by atoms with Gasteiger partial charge < -0.3 is 4.57 Å². The standard InChI is InChI=1S/C12H20N2OS/c1-4-14-6-5-13-12(14)7-11(15)9-16-8-10(2)3/h5-6,10H,4,7-9H2,1-3H3. The maximum absolute atomic E-state index is 11.7. The molecule has 3 nitrogen and oxygen atoms in total. The van der Waals surface area contributed by atoms with Gasteiger partial charge in [-0.05, 0) is 18.6 Å². The van der Waals surface area contributed by atoms with Crippen molar-refractivity contribution >= 4 is 17.5 Å². The Morgan fingerprint density at radius 1 is 1.56 bits per heavy atom. The Kier molecular flexibility index (Phi) is 5.60. The second-order valence-corrected chi connectivity index (χ2v) is 5.28. The molecule has 0 aliphatic heterocycles. The summed E-state index contributed by atoms with van der Waals surface area (Å²) in [4.78, 5) is 15.9. The number of carbonyl (C=O) groups excluding carboxylic acids is 1. The van der Waals surface area contributed by atoms with Crippen LogP contribution < -0.4 is 0 Å². The average molecular weight is 240 g/mol. The first kappa shape index (κ1) is 13.3. The lowest BCUT2D eigenvalue weighted by Gasteiger charge is -2.05. The van der Waals surface area contributed by atoms with Crippen LogP contribution in [0.15, 0.2) is 12.4 Å². The second-order valence-electron chi connectivity index (χ2n) is 4.25. The molecule has 0 aliphatic carbocycles. The van der Waals surface area contributed by atoms with Gasteiger partial charge in [0, 0.05) is 18.9 Å². The zero-order valence-electron chi connectivity index (χ0n) is 10.3. The lowest BCUT2D eigenvalue weighted by Crippen LogP contribution is -2.11. The minimum atomic E-state index is 0.270. The van der Waals surface area contributed by atoms with Crippen LogP contribution in [-0.4, -0.2) is 26.8 Å². The van der Waals surface area contributed by atoms with E-state index >= 15 is 0 Å². The lowest BCUT2D eigenvalue weighted by molar-refractivity contribution is -0.116. The molecule has 1 aromatic rings. The monoisotopic (exact) mass is 240 g/mol. The van der Waals surface area contributed by atoms with Gasteiger partial charge in [0.25, 0.3) is 0 Å². The van der Waals surface area contributed by atoms with Crippen LogP contribution in [0, 0.1) is 5.92 Å². The third-order valence-electron chi connectivity index (χ3n) is 2.21. The summed E-state index contributed by atoms with van der Waals surface area (Å²) in [6, 6.07) is 0. The van der Waals surface area contributed by atoms with E-state index in [9.17, 15) is 4.79 Å².